The van der Waals surface area contributed by atoms with Crippen molar-refractivity contribution in [1.82, 2.24) is 15.2 Å². The van der Waals surface area contributed by atoms with E-state index in [1.165, 1.54) is 30.3 Å². The Bertz CT molecular complexity index is 1020. The van der Waals surface area contributed by atoms with E-state index in [4.69, 9.17) is 16.0 Å². The highest BCUT2D eigenvalue weighted by Gasteiger charge is 2.28. The van der Waals surface area contributed by atoms with Gasteiger partial charge < -0.3 is 4.42 Å². The first-order chi connectivity index (χ1) is 11.9. The maximum Gasteiger partial charge on any atom is 0.265 e. The second-order valence-electron chi connectivity index (χ2n) is 4.93. The number of furan rings is 1. The summed E-state index contributed by atoms with van der Waals surface area (Å²) in [6.45, 7) is 0. The Hall–Kier alpha value is -2.78. The molecule has 10 heteroatoms. The zero-order valence-corrected chi connectivity index (χ0v) is 14.0. The molecule has 0 spiro atoms. The zero-order chi connectivity index (χ0) is 18.0. The van der Waals surface area contributed by atoms with E-state index >= 15 is 0 Å². The third-order valence-corrected chi connectivity index (χ3v) is 5.41. The number of aromatic nitrogens is 3. The summed E-state index contributed by atoms with van der Waals surface area (Å²) in [6.07, 6.45) is 1.71. The van der Waals surface area contributed by atoms with Crippen LogP contribution in [-0.2, 0) is 21.1 Å². The molecule has 0 bridgehead atoms. The number of rotatable bonds is 6. The Labute approximate surface area is 146 Å². The highest BCUT2D eigenvalue weighted by molar-refractivity contribution is 7.91. The van der Waals surface area contributed by atoms with Crippen molar-refractivity contribution in [3.63, 3.8) is 0 Å². The lowest BCUT2D eigenvalue weighted by molar-refractivity contribution is -0.114. The van der Waals surface area contributed by atoms with Gasteiger partial charge >= 0.3 is 0 Å². The molecule has 0 aliphatic heterocycles. The Morgan fingerprint density at radius 1 is 1.16 bits per heavy atom. The molecule has 25 heavy (non-hydrogen) atoms. The van der Waals surface area contributed by atoms with Crippen LogP contribution in [-0.4, -0.2) is 35.2 Å². The molecule has 1 N–H and O–H groups in total. The monoisotopic (exact) mass is 379 g/mol. The van der Waals surface area contributed by atoms with Crippen LogP contribution in [0.15, 0.2) is 57.1 Å². The van der Waals surface area contributed by atoms with Crippen molar-refractivity contribution in [3.8, 4) is 0 Å². The predicted octanol–water partition coefficient (Wildman–Crippen LogP) is 1.88. The van der Waals surface area contributed by atoms with Gasteiger partial charge in [0.25, 0.3) is 5.78 Å². The van der Waals surface area contributed by atoms with Crippen molar-refractivity contribution in [1.29, 1.82) is 0 Å². The van der Waals surface area contributed by atoms with E-state index in [0.29, 0.717) is 5.02 Å². The summed E-state index contributed by atoms with van der Waals surface area (Å²) in [6, 6.07) is 6.79. The second-order valence-corrected chi connectivity index (χ2v) is 7.28. The zero-order valence-electron chi connectivity index (χ0n) is 12.5. The van der Waals surface area contributed by atoms with Gasteiger partial charge in [0.15, 0.2) is 5.82 Å². The van der Waals surface area contributed by atoms with Gasteiger partial charge in [-0.2, -0.15) is 5.10 Å². The molecule has 0 saturated carbocycles. The standard InChI is InChI=1S/C15H10ClN3O5S/c16-9-1-3-10(4-2-9)25(22,23)13-5-6-24-12(13)7-11(20)14(21)15-17-8-18-19-15/h1-6,8H,7H2,(H,17,18,19). The number of halogens is 1. The van der Waals surface area contributed by atoms with Gasteiger partial charge in [0.1, 0.15) is 17.0 Å². The minimum atomic E-state index is -3.92. The van der Waals surface area contributed by atoms with Crippen molar-refractivity contribution in [3.05, 3.63) is 59.5 Å². The molecule has 0 atom stereocenters. The summed E-state index contributed by atoms with van der Waals surface area (Å²) in [5, 5.41) is 6.16. The van der Waals surface area contributed by atoms with E-state index in [-0.39, 0.29) is 21.4 Å². The summed E-state index contributed by atoms with van der Waals surface area (Å²) in [4.78, 5) is 27.4. The molecule has 128 valence electrons. The van der Waals surface area contributed by atoms with E-state index in [0.717, 1.165) is 12.6 Å². The molecule has 8 nitrogen and oxygen atoms in total. The van der Waals surface area contributed by atoms with E-state index in [2.05, 4.69) is 15.2 Å². The number of Topliss-reactive ketones (excluding diaryl/α,β-unsaturated/α-hetero) is 2. The van der Waals surface area contributed by atoms with Crippen LogP contribution in [0.4, 0.5) is 0 Å². The molecule has 3 rings (SSSR count). The topological polar surface area (TPSA) is 123 Å². The average molecular weight is 380 g/mol. The third kappa shape index (κ3) is 3.37. The summed E-state index contributed by atoms with van der Waals surface area (Å²) in [5.41, 5.74) is 0. The fourth-order valence-corrected chi connectivity index (χ4v) is 3.64. The average Bonchev–Trinajstić information content (AvgIpc) is 3.26. The fraction of sp³-hybridized carbons (Fsp3) is 0.0667. The Morgan fingerprint density at radius 2 is 1.88 bits per heavy atom. The molecule has 0 fully saturated rings. The lowest BCUT2D eigenvalue weighted by Crippen LogP contribution is -2.19. The van der Waals surface area contributed by atoms with Crippen LogP contribution in [0.3, 0.4) is 0 Å². The molecule has 0 saturated heterocycles. The van der Waals surface area contributed by atoms with E-state index < -0.39 is 27.8 Å². The first-order valence-corrected chi connectivity index (χ1v) is 8.75. The Morgan fingerprint density at radius 3 is 2.52 bits per heavy atom. The van der Waals surface area contributed by atoms with Crippen molar-refractivity contribution >= 4 is 33.0 Å². The summed E-state index contributed by atoms with van der Waals surface area (Å²) < 4.78 is 30.5. The van der Waals surface area contributed by atoms with Crippen molar-refractivity contribution < 1.29 is 22.4 Å². The van der Waals surface area contributed by atoms with Gasteiger partial charge in [0, 0.05) is 5.02 Å². The molecular weight excluding hydrogens is 370 g/mol. The summed E-state index contributed by atoms with van der Waals surface area (Å²) >= 11 is 5.76. The van der Waals surface area contributed by atoms with Crippen LogP contribution in [0.2, 0.25) is 5.02 Å². The number of sulfone groups is 1. The third-order valence-electron chi connectivity index (χ3n) is 3.32. The number of H-pyrrole nitrogens is 1. The molecule has 2 heterocycles. The number of nitrogens with zero attached hydrogens (tertiary/aromatic N) is 2. The summed E-state index contributed by atoms with van der Waals surface area (Å²) in [7, 11) is -3.92. The predicted molar refractivity (Wildman–Crippen MR) is 85.0 cm³/mol. The highest BCUT2D eigenvalue weighted by atomic mass is 35.5. The quantitative estimate of drug-likeness (QED) is 0.512. The molecule has 0 aliphatic rings. The number of hydrogen-bond donors (Lipinski definition) is 1. The van der Waals surface area contributed by atoms with Crippen molar-refractivity contribution in [2.45, 2.75) is 16.2 Å². The fourth-order valence-electron chi connectivity index (χ4n) is 2.11. The number of nitrogens with one attached hydrogen (secondary N) is 1. The number of hydrogen-bond acceptors (Lipinski definition) is 7. The number of carbonyl (C=O) groups excluding carboxylic acids is 2. The molecule has 0 aliphatic carbocycles. The molecule has 1 aromatic carbocycles. The molecular formula is C15H10ClN3O5S. The molecule has 0 radical (unpaired) electrons. The number of ketones is 2. The SMILES string of the molecule is O=C(Cc1occc1S(=O)(=O)c1ccc(Cl)cc1)C(=O)c1ncn[nH]1. The normalized spacial score (nSPS) is 11.4. The van der Waals surface area contributed by atoms with E-state index in [9.17, 15) is 18.0 Å². The largest absolute Gasteiger partial charge is 0.467 e. The number of aromatic amines is 1. The van der Waals surface area contributed by atoms with Gasteiger partial charge in [0.05, 0.1) is 17.6 Å². The minimum Gasteiger partial charge on any atom is -0.467 e. The molecule has 0 unspecified atom stereocenters. The van der Waals surface area contributed by atoms with E-state index in [1.54, 1.807) is 0 Å². The lowest BCUT2D eigenvalue weighted by atomic mass is 10.1. The van der Waals surface area contributed by atoms with E-state index in [1.807, 2.05) is 0 Å². The Balaban J connectivity index is 1.89. The number of carbonyl (C=O) groups is 2. The smallest absolute Gasteiger partial charge is 0.265 e. The van der Waals surface area contributed by atoms with Crippen LogP contribution in [0, 0.1) is 0 Å². The van der Waals surface area contributed by atoms with Crippen LogP contribution >= 0.6 is 11.6 Å². The Kier molecular flexibility index (Phi) is 4.51. The maximum absolute atomic E-state index is 12.7. The highest BCUT2D eigenvalue weighted by Crippen LogP contribution is 2.26. The van der Waals surface area contributed by atoms with Gasteiger partial charge in [-0.05, 0) is 30.3 Å². The lowest BCUT2D eigenvalue weighted by Gasteiger charge is -2.04. The van der Waals surface area contributed by atoms with Crippen LogP contribution < -0.4 is 0 Å². The minimum absolute atomic E-state index is 0.00596. The van der Waals surface area contributed by atoms with Gasteiger partial charge in [0.2, 0.25) is 15.6 Å². The van der Waals surface area contributed by atoms with Crippen molar-refractivity contribution in [2.75, 3.05) is 0 Å². The summed E-state index contributed by atoms with van der Waals surface area (Å²) in [5.74, 6) is -2.14. The molecule has 3 aromatic rings. The maximum atomic E-state index is 12.7. The molecule has 2 aromatic heterocycles. The van der Waals surface area contributed by atoms with Gasteiger partial charge in [-0.1, -0.05) is 11.6 Å². The van der Waals surface area contributed by atoms with Crippen LogP contribution in [0.5, 0.6) is 0 Å². The second kappa shape index (κ2) is 6.61. The van der Waals surface area contributed by atoms with Crippen molar-refractivity contribution in [2.24, 2.45) is 0 Å². The number of benzene rings is 1. The first-order valence-electron chi connectivity index (χ1n) is 6.89. The molecule has 0 amide bonds. The van der Waals surface area contributed by atoms with Gasteiger partial charge in [-0.3, -0.25) is 14.7 Å². The van der Waals surface area contributed by atoms with Crippen LogP contribution in [0.1, 0.15) is 16.4 Å². The van der Waals surface area contributed by atoms with Crippen LogP contribution in [0.25, 0.3) is 0 Å². The van der Waals surface area contributed by atoms with Gasteiger partial charge in [-0.25, -0.2) is 13.4 Å². The first kappa shape index (κ1) is 17.1. The van der Waals surface area contributed by atoms with Gasteiger partial charge in [-0.15, -0.1) is 0 Å².